The van der Waals surface area contributed by atoms with Crippen LogP contribution in [-0.4, -0.2) is 23.6 Å². The number of amides is 1. The Bertz CT molecular complexity index is 1050. The van der Waals surface area contributed by atoms with Gasteiger partial charge in [-0.2, -0.15) is 0 Å². The minimum Gasteiger partial charge on any atom is -0.457 e. The highest BCUT2D eigenvalue weighted by atomic mass is 16.5. The first-order chi connectivity index (χ1) is 16.0. The number of carbonyl (C=O) groups excluding carboxylic acids is 1. The molecule has 1 amide bonds. The fourth-order valence-corrected chi connectivity index (χ4v) is 3.63. The summed E-state index contributed by atoms with van der Waals surface area (Å²) in [6.07, 6.45) is 3.96. The van der Waals surface area contributed by atoms with Crippen molar-refractivity contribution in [2.75, 3.05) is 11.9 Å². The van der Waals surface area contributed by atoms with E-state index in [0.717, 1.165) is 49.5 Å². The Kier molecular flexibility index (Phi) is 9.02. The molecule has 0 aliphatic heterocycles. The zero-order valence-corrected chi connectivity index (χ0v) is 20.1. The second kappa shape index (κ2) is 12.2. The minimum atomic E-state index is -0.178. The highest BCUT2D eigenvalue weighted by molar-refractivity contribution is 6.05. The van der Waals surface area contributed by atoms with Crippen LogP contribution >= 0.6 is 0 Å². The summed E-state index contributed by atoms with van der Waals surface area (Å²) in [6.45, 7) is 8.91. The molecule has 0 bridgehead atoms. The fourth-order valence-electron chi connectivity index (χ4n) is 3.63. The van der Waals surface area contributed by atoms with Gasteiger partial charge < -0.3 is 14.8 Å². The van der Waals surface area contributed by atoms with Crippen LogP contribution < -0.4 is 10.1 Å². The van der Waals surface area contributed by atoms with Crippen LogP contribution in [0.15, 0.2) is 60.7 Å². The molecule has 2 aromatic carbocycles. The average Bonchev–Trinajstić information content (AvgIpc) is 2.79. The number of aromatic nitrogens is 1. The van der Waals surface area contributed by atoms with Crippen LogP contribution in [0.3, 0.4) is 0 Å². The molecule has 3 aromatic rings. The zero-order chi connectivity index (χ0) is 23.6. The van der Waals surface area contributed by atoms with Gasteiger partial charge in [0.2, 0.25) is 0 Å². The number of anilines is 1. The van der Waals surface area contributed by atoms with Gasteiger partial charge in [0.15, 0.2) is 0 Å². The molecular formula is C28H34N2O3. The van der Waals surface area contributed by atoms with Crippen LogP contribution in [0.25, 0.3) is 0 Å². The van der Waals surface area contributed by atoms with Crippen molar-refractivity contribution in [1.29, 1.82) is 0 Å². The summed E-state index contributed by atoms with van der Waals surface area (Å²) in [5.41, 5.74) is 4.17. The van der Waals surface area contributed by atoms with Crippen LogP contribution in [0.1, 0.15) is 60.9 Å². The van der Waals surface area contributed by atoms with E-state index in [-0.39, 0.29) is 12.0 Å². The SMILES string of the molecule is CCCOC(C)Cc1ccc(C(=O)Nc2ccc(Oc3cccc(CCC)c3)cc2)c(C)n1. The zero-order valence-electron chi connectivity index (χ0n) is 20.1. The van der Waals surface area contributed by atoms with Crippen LogP contribution in [0.4, 0.5) is 5.69 Å². The van der Waals surface area contributed by atoms with Crippen molar-refractivity contribution in [2.24, 2.45) is 0 Å². The van der Waals surface area contributed by atoms with Gasteiger partial charge in [-0.25, -0.2) is 0 Å². The number of benzene rings is 2. The van der Waals surface area contributed by atoms with Gasteiger partial charge >= 0.3 is 0 Å². The predicted octanol–water partition coefficient (Wildman–Crippen LogP) is 6.74. The third-order valence-corrected chi connectivity index (χ3v) is 5.28. The second-order valence-corrected chi connectivity index (χ2v) is 8.30. The lowest BCUT2D eigenvalue weighted by molar-refractivity contribution is 0.0663. The minimum absolute atomic E-state index is 0.103. The van der Waals surface area contributed by atoms with E-state index in [4.69, 9.17) is 9.47 Å². The van der Waals surface area contributed by atoms with Crippen molar-refractivity contribution in [3.63, 3.8) is 0 Å². The quantitative estimate of drug-likeness (QED) is 0.354. The molecule has 33 heavy (non-hydrogen) atoms. The summed E-state index contributed by atoms with van der Waals surface area (Å²) in [4.78, 5) is 17.4. The second-order valence-electron chi connectivity index (χ2n) is 8.30. The summed E-state index contributed by atoms with van der Waals surface area (Å²) in [6, 6.07) is 19.3. The molecule has 1 aromatic heterocycles. The molecule has 1 heterocycles. The summed E-state index contributed by atoms with van der Waals surface area (Å²) in [5, 5.41) is 2.94. The molecule has 0 radical (unpaired) electrons. The predicted molar refractivity (Wildman–Crippen MR) is 133 cm³/mol. The van der Waals surface area contributed by atoms with Gasteiger partial charge in [-0.3, -0.25) is 9.78 Å². The first-order valence-corrected chi connectivity index (χ1v) is 11.7. The molecular weight excluding hydrogens is 412 g/mol. The number of aryl methyl sites for hydroxylation is 2. The van der Waals surface area contributed by atoms with E-state index in [1.165, 1.54) is 5.56 Å². The maximum atomic E-state index is 12.8. The van der Waals surface area contributed by atoms with E-state index in [9.17, 15) is 4.79 Å². The highest BCUT2D eigenvalue weighted by Gasteiger charge is 2.13. The topological polar surface area (TPSA) is 60.5 Å². The van der Waals surface area contributed by atoms with E-state index < -0.39 is 0 Å². The molecule has 5 nitrogen and oxygen atoms in total. The maximum Gasteiger partial charge on any atom is 0.257 e. The number of ether oxygens (including phenoxy) is 2. The molecule has 0 aliphatic carbocycles. The van der Waals surface area contributed by atoms with Crippen LogP contribution in [0, 0.1) is 6.92 Å². The number of carbonyl (C=O) groups is 1. The van der Waals surface area contributed by atoms with Crippen molar-refractivity contribution < 1.29 is 14.3 Å². The monoisotopic (exact) mass is 446 g/mol. The molecule has 0 aliphatic rings. The maximum absolute atomic E-state index is 12.8. The molecule has 174 valence electrons. The Hall–Kier alpha value is -3.18. The van der Waals surface area contributed by atoms with Crippen LogP contribution in [-0.2, 0) is 17.6 Å². The van der Waals surface area contributed by atoms with E-state index in [1.807, 2.05) is 62.4 Å². The number of pyridine rings is 1. The summed E-state index contributed by atoms with van der Waals surface area (Å²) in [7, 11) is 0. The molecule has 5 heteroatoms. The van der Waals surface area contributed by atoms with Gasteiger partial charge in [-0.1, -0.05) is 32.4 Å². The van der Waals surface area contributed by atoms with Gasteiger partial charge in [0.1, 0.15) is 11.5 Å². The number of rotatable bonds is 11. The van der Waals surface area contributed by atoms with E-state index >= 15 is 0 Å². The van der Waals surface area contributed by atoms with E-state index in [0.29, 0.717) is 16.9 Å². The lowest BCUT2D eigenvalue weighted by atomic mass is 10.1. The lowest BCUT2D eigenvalue weighted by Gasteiger charge is -2.13. The molecule has 0 saturated carbocycles. The lowest BCUT2D eigenvalue weighted by Crippen LogP contribution is -2.16. The molecule has 3 rings (SSSR count). The van der Waals surface area contributed by atoms with E-state index in [2.05, 4.69) is 36.3 Å². The van der Waals surface area contributed by atoms with Gasteiger partial charge in [0.05, 0.1) is 17.4 Å². The smallest absolute Gasteiger partial charge is 0.257 e. The van der Waals surface area contributed by atoms with Gasteiger partial charge in [-0.15, -0.1) is 0 Å². The normalized spacial score (nSPS) is 11.8. The highest BCUT2D eigenvalue weighted by Crippen LogP contribution is 2.24. The van der Waals surface area contributed by atoms with Crippen LogP contribution in [0.5, 0.6) is 11.5 Å². The largest absolute Gasteiger partial charge is 0.457 e. The van der Waals surface area contributed by atoms with Gasteiger partial charge in [0, 0.05) is 24.4 Å². The Balaban J connectivity index is 1.59. The first kappa shape index (κ1) is 24.5. The van der Waals surface area contributed by atoms with Crippen molar-refractivity contribution in [3.8, 4) is 11.5 Å². The third-order valence-electron chi connectivity index (χ3n) is 5.28. The third kappa shape index (κ3) is 7.43. The molecule has 0 saturated heterocycles. The summed E-state index contributed by atoms with van der Waals surface area (Å²) < 4.78 is 11.7. The average molecular weight is 447 g/mol. The molecule has 0 spiro atoms. The number of nitrogens with zero attached hydrogens (tertiary/aromatic N) is 1. The Morgan fingerprint density at radius 3 is 2.48 bits per heavy atom. The summed E-state index contributed by atoms with van der Waals surface area (Å²) >= 11 is 0. The van der Waals surface area contributed by atoms with Crippen molar-refractivity contribution in [3.05, 3.63) is 83.2 Å². The number of nitrogens with one attached hydrogen (secondary N) is 1. The number of hydrogen-bond donors (Lipinski definition) is 1. The van der Waals surface area contributed by atoms with Crippen molar-refractivity contribution in [1.82, 2.24) is 4.98 Å². The molecule has 1 atom stereocenters. The summed E-state index contributed by atoms with van der Waals surface area (Å²) in [5.74, 6) is 1.36. The van der Waals surface area contributed by atoms with Gasteiger partial charge in [0.25, 0.3) is 5.91 Å². The first-order valence-electron chi connectivity index (χ1n) is 11.7. The molecule has 0 fully saturated rings. The Morgan fingerprint density at radius 2 is 1.79 bits per heavy atom. The molecule has 1 N–H and O–H groups in total. The number of hydrogen-bond acceptors (Lipinski definition) is 4. The van der Waals surface area contributed by atoms with E-state index in [1.54, 1.807) is 0 Å². The standard InChI is InChI=1S/C28H34N2O3/c1-5-8-22-9-7-10-26(19-22)33-25-14-11-23(12-15-25)30-28(31)27-16-13-24(29-21(27)4)18-20(3)32-17-6-2/h7,9-16,19-20H,5-6,8,17-18H2,1-4H3,(H,30,31). The van der Waals surface area contributed by atoms with Gasteiger partial charge in [-0.05, 0) is 80.8 Å². The Labute approximate surface area is 197 Å². The molecule has 1 unspecified atom stereocenters. The fraction of sp³-hybridized carbons (Fsp3) is 0.357. The van der Waals surface area contributed by atoms with Crippen molar-refractivity contribution in [2.45, 2.75) is 59.5 Å². The van der Waals surface area contributed by atoms with Crippen LogP contribution in [0.2, 0.25) is 0 Å². The van der Waals surface area contributed by atoms with Crippen molar-refractivity contribution >= 4 is 11.6 Å². The Morgan fingerprint density at radius 1 is 1.00 bits per heavy atom.